The smallest absolute Gasteiger partial charge is 0.140 e. The van der Waals surface area contributed by atoms with Gasteiger partial charge in [-0.15, -0.1) is 0 Å². The minimum absolute atomic E-state index is 0.589. The zero-order chi connectivity index (χ0) is 10.8. The summed E-state index contributed by atoms with van der Waals surface area (Å²) in [7, 11) is 0. The monoisotopic (exact) mass is 242 g/mol. The molecule has 1 aromatic heterocycles. The highest BCUT2D eigenvalue weighted by molar-refractivity contribution is 7.99. The molecular formula is C11H15ClN2S. The van der Waals surface area contributed by atoms with E-state index >= 15 is 0 Å². The van der Waals surface area contributed by atoms with E-state index in [1.165, 1.54) is 12.8 Å². The Morgan fingerprint density at radius 3 is 2.80 bits per heavy atom. The van der Waals surface area contributed by atoms with Crippen molar-refractivity contribution in [3.63, 3.8) is 0 Å². The van der Waals surface area contributed by atoms with Crippen LogP contribution in [0.5, 0.6) is 0 Å². The maximum atomic E-state index is 5.98. The van der Waals surface area contributed by atoms with Crippen molar-refractivity contribution in [2.24, 2.45) is 0 Å². The zero-order valence-electron chi connectivity index (χ0n) is 9.03. The predicted molar refractivity (Wildman–Crippen MR) is 65.4 cm³/mol. The zero-order valence-corrected chi connectivity index (χ0v) is 10.6. The average molecular weight is 243 g/mol. The molecule has 1 aromatic rings. The van der Waals surface area contributed by atoms with Gasteiger partial charge >= 0.3 is 0 Å². The lowest BCUT2D eigenvalue weighted by molar-refractivity contribution is 0.929. The third-order valence-corrected chi connectivity index (χ3v) is 3.59. The van der Waals surface area contributed by atoms with Gasteiger partial charge in [0.15, 0.2) is 0 Å². The molecular weight excluding hydrogens is 228 g/mol. The summed E-state index contributed by atoms with van der Waals surface area (Å²) in [6.45, 7) is 4.36. The third-order valence-electron chi connectivity index (χ3n) is 2.30. The van der Waals surface area contributed by atoms with E-state index in [9.17, 15) is 0 Å². The fraction of sp³-hybridized carbons (Fsp3) is 0.636. The fourth-order valence-electron chi connectivity index (χ4n) is 1.38. The molecule has 0 N–H and O–H groups in total. The van der Waals surface area contributed by atoms with Crippen LogP contribution in [0.2, 0.25) is 5.15 Å². The highest BCUT2D eigenvalue weighted by Crippen LogP contribution is 2.39. The molecule has 0 atom stereocenters. The molecule has 0 unspecified atom stereocenters. The molecule has 2 rings (SSSR count). The van der Waals surface area contributed by atoms with E-state index in [0.29, 0.717) is 16.3 Å². The van der Waals surface area contributed by atoms with Gasteiger partial charge < -0.3 is 0 Å². The highest BCUT2D eigenvalue weighted by atomic mass is 35.5. The van der Waals surface area contributed by atoms with Crippen LogP contribution in [-0.4, -0.2) is 15.2 Å². The Kier molecular flexibility index (Phi) is 3.52. The Morgan fingerprint density at radius 1 is 1.47 bits per heavy atom. The maximum absolute atomic E-state index is 5.98. The quantitative estimate of drug-likeness (QED) is 0.754. The number of halogens is 1. The van der Waals surface area contributed by atoms with Gasteiger partial charge in [-0.2, -0.15) is 11.8 Å². The summed E-state index contributed by atoms with van der Waals surface area (Å²) in [4.78, 5) is 8.80. The van der Waals surface area contributed by atoms with Crippen LogP contribution >= 0.6 is 23.4 Å². The van der Waals surface area contributed by atoms with Crippen LogP contribution in [0.25, 0.3) is 0 Å². The molecule has 4 heteroatoms. The number of thioether (sulfide) groups is 1. The molecule has 0 saturated heterocycles. The van der Waals surface area contributed by atoms with Gasteiger partial charge in [0.25, 0.3) is 0 Å². The van der Waals surface area contributed by atoms with Crippen molar-refractivity contribution in [3.8, 4) is 0 Å². The molecule has 1 aliphatic carbocycles. The average Bonchev–Trinajstić information content (AvgIpc) is 2.97. The summed E-state index contributed by atoms with van der Waals surface area (Å²) in [5.74, 6) is 2.38. The molecule has 0 amide bonds. The summed E-state index contributed by atoms with van der Waals surface area (Å²) < 4.78 is 0. The van der Waals surface area contributed by atoms with Gasteiger partial charge in [-0.05, 0) is 24.2 Å². The van der Waals surface area contributed by atoms with E-state index < -0.39 is 0 Å². The first-order valence-corrected chi connectivity index (χ1v) is 6.73. The third kappa shape index (κ3) is 3.35. The SMILES string of the molecule is CC(C)SCc1nc(Cl)cc(C2CC2)n1. The number of nitrogens with zero attached hydrogens (tertiary/aromatic N) is 2. The minimum Gasteiger partial charge on any atom is -0.237 e. The Balaban J connectivity index is 2.09. The summed E-state index contributed by atoms with van der Waals surface area (Å²) >= 11 is 7.83. The number of hydrogen-bond donors (Lipinski definition) is 0. The number of rotatable bonds is 4. The van der Waals surface area contributed by atoms with Gasteiger partial charge in [0, 0.05) is 11.6 Å². The van der Waals surface area contributed by atoms with E-state index in [1.54, 1.807) is 0 Å². The molecule has 0 radical (unpaired) electrons. The van der Waals surface area contributed by atoms with E-state index in [-0.39, 0.29) is 0 Å². The second kappa shape index (κ2) is 4.71. The summed E-state index contributed by atoms with van der Waals surface area (Å²) in [5.41, 5.74) is 1.13. The molecule has 1 heterocycles. The maximum Gasteiger partial charge on any atom is 0.140 e. The van der Waals surface area contributed by atoms with E-state index in [4.69, 9.17) is 11.6 Å². The lowest BCUT2D eigenvalue weighted by atomic mass is 10.3. The molecule has 82 valence electrons. The molecule has 15 heavy (non-hydrogen) atoms. The molecule has 0 bridgehead atoms. The molecule has 0 aliphatic heterocycles. The van der Waals surface area contributed by atoms with E-state index in [0.717, 1.165) is 17.3 Å². The molecule has 1 saturated carbocycles. The van der Waals surface area contributed by atoms with Crippen LogP contribution in [0, 0.1) is 0 Å². The van der Waals surface area contributed by atoms with Gasteiger partial charge in [-0.1, -0.05) is 25.4 Å². The molecule has 0 spiro atoms. The predicted octanol–water partition coefficient (Wildman–Crippen LogP) is 3.65. The molecule has 0 aromatic carbocycles. The minimum atomic E-state index is 0.589. The molecule has 1 fully saturated rings. The normalized spacial score (nSPS) is 16.0. The van der Waals surface area contributed by atoms with Gasteiger partial charge in [-0.3, -0.25) is 0 Å². The van der Waals surface area contributed by atoms with Crippen molar-refractivity contribution in [1.29, 1.82) is 0 Å². The number of hydrogen-bond acceptors (Lipinski definition) is 3. The topological polar surface area (TPSA) is 25.8 Å². The first-order valence-electron chi connectivity index (χ1n) is 5.30. The van der Waals surface area contributed by atoms with Crippen LogP contribution in [-0.2, 0) is 5.75 Å². The van der Waals surface area contributed by atoms with Crippen molar-refractivity contribution in [1.82, 2.24) is 9.97 Å². The van der Waals surface area contributed by atoms with Crippen molar-refractivity contribution in [2.75, 3.05) is 0 Å². The lowest BCUT2D eigenvalue weighted by Gasteiger charge is -2.05. The molecule has 1 aliphatic rings. The lowest BCUT2D eigenvalue weighted by Crippen LogP contribution is -1.99. The Labute approximate surface area is 99.8 Å². The standard InChI is InChI=1S/C11H15ClN2S/c1-7(2)15-6-11-13-9(8-3-4-8)5-10(12)14-11/h5,7-8H,3-4,6H2,1-2H3. The van der Waals surface area contributed by atoms with Gasteiger partial charge in [0.2, 0.25) is 0 Å². The summed E-state index contributed by atoms with van der Waals surface area (Å²) in [6.07, 6.45) is 2.51. The Bertz CT molecular complexity index is 350. The van der Waals surface area contributed by atoms with Crippen LogP contribution in [0.3, 0.4) is 0 Å². The summed E-state index contributed by atoms with van der Waals surface area (Å²) in [5, 5.41) is 1.20. The highest BCUT2D eigenvalue weighted by Gasteiger charge is 2.25. The van der Waals surface area contributed by atoms with Crippen molar-refractivity contribution in [3.05, 3.63) is 22.7 Å². The van der Waals surface area contributed by atoms with Gasteiger partial charge in [0.1, 0.15) is 11.0 Å². The van der Waals surface area contributed by atoms with Crippen LogP contribution in [0.1, 0.15) is 44.1 Å². The van der Waals surface area contributed by atoms with E-state index in [1.807, 2.05) is 17.8 Å². The Morgan fingerprint density at radius 2 is 2.20 bits per heavy atom. The van der Waals surface area contributed by atoms with E-state index in [2.05, 4.69) is 23.8 Å². The number of aromatic nitrogens is 2. The Hall–Kier alpha value is -0.280. The van der Waals surface area contributed by atoms with Gasteiger partial charge in [0.05, 0.1) is 5.75 Å². The van der Waals surface area contributed by atoms with Crippen LogP contribution < -0.4 is 0 Å². The largest absolute Gasteiger partial charge is 0.237 e. The molecule has 2 nitrogen and oxygen atoms in total. The summed E-state index contributed by atoms with van der Waals surface area (Å²) in [6, 6.07) is 1.91. The van der Waals surface area contributed by atoms with Crippen molar-refractivity contribution < 1.29 is 0 Å². The van der Waals surface area contributed by atoms with Crippen LogP contribution in [0.15, 0.2) is 6.07 Å². The first kappa shape index (κ1) is 11.2. The van der Waals surface area contributed by atoms with Crippen molar-refractivity contribution in [2.45, 2.75) is 43.6 Å². The van der Waals surface area contributed by atoms with Crippen LogP contribution in [0.4, 0.5) is 0 Å². The van der Waals surface area contributed by atoms with Gasteiger partial charge in [-0.25, -0.2) is 9.97 Å². The first-order chi connectivity index (χ1) is 7.15. The second-order valence-corrected chi connectivity index (χ2v) is 6.12. The van der Waals surface area contributed by atoms with Crippen molar-refractivity contribution >= 4 is 23.4 Å². The second-order valence-electron chi connectivity index (χ2n) is 4.17. The fourth-order valence-corrected chi connectivity index (χ4v) is 2.20.